The van der Waals surface area contributed by atoms with Gasteiger partial charge in [0.1, 0.15) is 11.5 Å². The number of carboxylic acids is 1. The number of thiazole rings is 1. The second-order valence-electron chi connectivity index (χ2n) is 13.1. The molecule has 0 spiro atoms. The topological polar surface area (TPSA) is 137 Å². The molecular formula is C31H42IN7O5S. The van der Waals surface area contributed by atoms with Crippen molar-refractivity contribution in [2.45, 2.75) is 45.4 Å². The van der Waals surface area contributed by atoms with Crippen molar-refractivity contribution >= 4 is 51.8 Å². The van der Waals surface area contributed by atoms with E-state index in [-0.39, 0.29) is 52.4 Å². The third-order valence-electron chi connectivity index (χ3n) is 7.39. The molecule has 244 valence electrons. The predicted octanol–water partition coefficient (Wildman–Crippen LogP) is 0.328. The summed E-state index contributed by atoms with van der Waals surface area (Å²) in [5.74, 6) is -1.16. The number of unbranched alkanes of at least 4 members (excludes halogenated alkanes) is 1. The Bertz CT molecular complexity index is 1630. The third kappa shape index (κ3) is 9.56. The van der Waals surface area contributed by atoms with Crippen LogP contribution in [0.1, 0.15) is 61.6 Å². The average molecular weight is 752 g/mol. The number of carbonyl (C=O) groups is 3. The molecule has 12 nitrogen and oxygen atoms in total. The number of fused-ring (bicyclic) bond motifs is 1. The van der Waals surface area contributed by atoms with Gasteiger partial charge >= 0.3 is 5.97 Å². The molecule has 0 radical (unpaired) electrons. The molecule has 1 aliphatic rings. The van der Waals surface area contributed by atoms with E-state index in [1.54, 1.807) is 0 Å². The Hall–Kier alpha value is -3.37. The Balaban J connectivity index is 0.00000552. The van der Waals surface area contributed by atoms with Crippen LogP contribution in [0.5, 0.6) is 0 Å². The van der Waals surface area contributed by atoms with Gasteiger partial charge in [0.2, 0.25) is 5.91 Å². The van der Waals surface area contributed by atoms with Crippen molar-refractivity contribution in [1.29, 1.82) is 0 Å². The fraction of sp³-hybridized carbons (Fsp3) is 0.484. The van der Waals surface area contributed by atoms with Crippen LogP contribution in [0.3, 0.4) is 0 Å². The summed E-state index contributed by atoms with van der Waals surface area (Å²) in [6, 6.07) is 3.04. The summed E-state index contributed by atoms with van der Waals surface area (Å²) >= 11 is 1.34. The largest absolute Gasteiger partial charge is 1.00 e. The number of carbonyl (C=O) groups excluding carboxylic acids is 2. The SMILES string of the molecule is CC(C)(C)c1csc(NC(=O)c2ccn3c(=O)c(/C=C/C(=O)O)c(N4CCN(C(=O)CCCC[N+](C)(C)C)CC4)nc3c2)n1.[I-]. The first kappa shape index (κ1) is 36.1. The van der Waals surface area contributed by atoms with Crippen LogP contribution in [0.4, 0.5) is 10.9 Å². The van der Waals surface area contributed by atoms with E-state index in [9.17, 15) is 24.3 Å². The number of hydrogen-bond acceptors (Lipinski definition) is 8. The van der Waals surface area contributed by atoms with E-state index in [1.165, 1.54) is 40.1 Å². The molecule has 2 amide bonds. The molecule has 45 heavy (non-hydrogen) atoms. The monoisotopic (exact) mass is 751 g/mol. The summed E-state index contributed by atoms with van der Waals surface area (Å²) < 4.78 is 2.15. The molecule has 2 N–H and O–H groups in total. The Morgan fingerprint density at radius 1 is 1.09 bits per heavy atom. The molecule has 4 heterocycles. The zero-order valence-corrected chi connectivity index (χ0v) is 29.6. The number of nitrogens with zero attached hydrogens (tertiary/aromatic N) is 6. The fourth-order valence-electron chi connectivity index (χ4n) is 4.86. The number of aromatic nitrogens is 3. The van der Waals surface area contributed by atoms with E-state index in [4.69, 9.17) is 4.98 Å². The first-order valence-corrected chi connectivity index (χ1v) is 15.6. The highest BCUT2D eigenvalue weighted by molar-refractivity contribution is 7.14. The Morgan fingerprint density at radius 2 is 1.78 bits per heavy atom. The molecular weight excluding hydrogens is 709 g/mol. The number of halogens is 1. The van der Waals surface area contributed by atoms with E-state index in [0.717, 1.165) is 35.6 Å². The van der Waals surface area contributed by atoms with E-state index < -0.39 is 11.5 Å². The fourth-order valence-corrected chi connectivity index (χ4v) is 5.79. The number of anilines is 2. The highest BCUT2D eigenvalue weighted by Gasteiger charge is 2.25. The summed E-state index contributed by atoms with van der Waals surface area (Å²) in [7, 11) is 6.40. The van der Waals surface area contributed by atoms with Gasteiger partial charge in [-0.2, -0.15) is 0 Å². The number of amides is 2. The van der Waals surface area contributed by atoms with Gasteiger partial charge in [-0.05, 0) is 31.1 Å². The Kier molecular flexibility index (Phi) is 11.9. The number of carboxylic acid groups (broad SMARTS) is 1. The van der Waals surface area contributed by atoms with Crippen LogP contribution in [-0.4, -0.2) is 101 Å². The van der Waals surface area contributed by atoms with Gasteiger partial charge in [-0.25, -0.2) is 14.8 Å². The maximum atomic E-state index is 13.5. The molecule has 0 aromatic carbocycles. The predicted molar refractivity (Wildman–Crippen MR) is 172 cm³/mol. The minimum Gasteiger partial charge on any atom is -1.00 e. The molecule has 14 heteroatoms. The van der Waals surface area contributed by atoms with Crippen molar-refractivity contribution in [2.75, 3.05) is 64.1 Å². The lowest BCUT2D eigenvalue weighted by molar-refractivity contribution is -0.870. The summed E-state index contributed by atoms with van der Waals surface area (Å²) in [5.41, 5.74) is 0.929. The first-order valence-electron chi connectivity index (χ1n) is 14.7. The van der Waals surface area contributed by atoms with Gasteiger partial charge in [-0.15, -0.1) is 11.3 Å². The number of piperazine rings is 1. The van der Waals surface area contributed by atoms with E-state index in [1.807, 2.05) is 36.0 Å². The van der Waals surface area contributed by atoms with Crippen molar-refractivity contribution in [3.05, 3.63) is 57.0 Å². The van der Waals surface area contributed by atoms with Gasteiger partial charge < -0.3 is 43.4 Å². The molecule has 1 saturated heterocycles. The maximum absolute atomic E-state index is 13.5. The first-order chi connectivity index (χ1) is 20.6. The number of aliphatic carboxylic acids is 1. The quantitative estimate of drug-likeness (QED) is 0.131. The van der Waals surface area contributed by atoms with Crippen LogP contribution in [0, 0.1) is 0 Å². The number of rotatable bonds is 10. The molecule has 0 saturated carbocycles. The van der Waals surface area contributed by atoms with Crippen LogP contribution in [0.15, 0.2) is 34.6 Å². The summed E-state index contributed by atoms with van der Waals surface area (Å²) in [5, 5.41) is 14.5. The van der Waals surface area contributed by atoms with Crippen molar-refractivity contribution in [1.82, 2.24) is 19.3 Å². The second kappa shape index (κ2) is 14.8. The summed E-state index contributed by atoms with van der Waals surface area (Å²) in [6.07, 6.45) is 5.91. The van der Waals surface area contributed by atoms with Gasteiger partial charge in [-0.3, -0.25) is 24.1 Å². The molecule has 4 rings (SSSR count). The van der Waals surface area contributed by atoms with E-state index >= 15 is 0 Å². The molecule has 0 atom stereocenters. The van der Waals surface area contributed by atoms with Crippen LogP contribution in [0.25, 0.3) is 11.7 Å². The zero-order valence-electron chi connectivity index (χ0n) is 26.7. The number of nitrogens with one attached hydrogen (secondary N) is 1. The highest BCUT2D eigenvalue weighted by Crippen LogP contribution is 2.27. The Labute approximate surface area is 284 Å². The molecule has 0 bridgehead atoms. The molecule has 0 aliphatic carbocycles. The van der Waals surface area contributed by atoms with Crippen LogP contribution in [-0.2, 0) is 15.0 Å². The molecule has 1 fully saturated rings. The average Bonchev–Trinajstić information content (AvgIpc) is 3.43. The molecule has 3 aromatic rings. The number of pyridine rings is 1. The molecule has 1 aliphatic heterocycles. The van der Waals surface area contributed by atoms with Crippen molar-refractivity contribution in [3.63, 3.8) is 0 Å². The van der Waals surface area contributed by atoms with Gasteiger partial charge in [0, 0.05) is 61.2 Å². The molecule has 0 unspecified atom stereocenters. The van der Waals surface area contributed by atoms with Gasteiger partial charge in [-0.1, -0.05) is 20.8 Å². The van der Waals surface area contributed by atoms with E-state index in [0.29, 0.717) is 49.1 Å². The standard InChI is InChI=1S/C31H41N7O5S.HI/c1-31(2,3)23-20-44-30(32-23)34-28(42)21-12-13-37-24(19-21)33-27(22(29(37)43)10-11-26(40)41)36-16-14-35(15-17-36)25(39)9-7-8-18-38(4,5)6;/h10-13,19-20H,7-9,14-18H2,1-6H3,(H-,32,34,40,41,42);1H/b11-10+;. The van der Waals surface area contributed by atoms with Gasteiger partial charge in [0.25, 0.3) is 11.5 Å². The van der Waals surface area contributed by atoms with Crippen LogP contribution < -0.4 is 39.8 Å². The van der Waals surface area contributed by atoms with Crippen LogP contribution >= 0.6 is 11.3 Å². The number of quaternary nitrogens is 1. The lowest BCUT2D eigenvalue weighted by Crippen LogP contribution is -3.00. The smallest absolute Gasteiger partial charge is 0.328 e. The Morgan fingerprint density at radius 3 is 2.38 bits per heavy atom. The lowest BCUT2D eigenvalue weighted by Gasteiger charge is -2.36. The lowest BCUT2D eigenvalue weighted by atomic mass is 9.93. The highest BCUT2D eigenvalue weighted by atomic mass is 127. The molecule has 3 aromatic heterocycles. The zero-order chi connectivity index (χ0) is 32.2. The maximum Gasteiger partial charge on any atom is 0.328 e. The van der Waals surface area contributed by atoms with Crippen molar-refractivity contribution < 1.29 is 47.9 Å². The van der Waals surface area contributed by atoms with Crippen molar-refractivity contribution in [2.24, 2.45) is 0 Å². The summed E-state index contributed by atoms with van der Waals surface area (Å²) in [4.78, 5) is 63.7. The third-order valence-corrected chi connectivity index (χ3v) is 8.15. The minimum atomic E-state index is -1.19. The summed E-state index contributed by atoms with van der Waals surface area (Å²) in [6.45, 7) is 8.93. The second-order valence-corrected chi connectivity index (χ2v) is 13.9. The minimum absolute atomic E-state index is 0. The normalized spacial score (nSPS) is 14.1. The van der Waals surface area contributed by atoms with E-state index in [2.05, 4.69) is 31.4 Å². The van der Waals surface area contributed by atoms with Crippen LogP contribution in [0.2, 0.25) is 0 Å². The number of hydrogen-bond donors (Lipinski definition) is 2. The van der Waals surface area contributed by atoms with Gasteiger partial charge in [0.05, 0.1) is 38.9 Å². The van der Waals surface area contributed by atoms with Gasteiger partial charge in [0.15, 0.2) is 5.13 Å². The van der Waals surface area contributed by atoms with Crippen molar-refractivity contribution in [3.8, 4) is 0 Å².